The van der Waals surface area contributed by atoms with Gasteiger partial charge in [0.25, 0.3) is 0 Å². The second-order valence-electron chi connectivity index (χ2n) is 5.42. The molecule has 0 N–H and O–H groups in total. The van der Waals surface area contributed by atoms with Crippen LogP contribution in [0.4, 0.5) is 4.79 Å². The van der Waals surface area contributed by atoms with E-state index in [1.807, 2.05) is 22.6 Å². The summed E-state index contributed by atoms with van der Waals surface area (Å²) in [6, 6.07) is 8.14. The van der Waals surface area contributed by atoms with Crippen molar-refractivity contribution < 1.29 is 4.79 Å². The Hall–Kier alpha value is -1.88. The number of amides is 2. The maximum atomic E-state index is 12.2. The number of nitrogens with zero attached hydrogens (tertiary/aromatic N) is 3. The molecule has 1 aromatic heterocycles. The van der Waals surface area contributed by atoms with E-state index >= 15 is 0 Å². The van der Waals surface area contributed by atoms with Crippen molar-refractivity contribution in [1.29, 1.82) is 0 Å². The highest BCUT2D eigenvalue weighted by atomic mass is 32.1. The van der Waals surface area contributed by atoms with Crippen LogP contribution in [0.3, 0.4) is 0 Å². The minimum absolute atomic E-state index is 0.116. The quantitative estimate of drug-likeness (QED) is 0.796. The van der Waals surface area contributed by atoms with Gasteiger partial charge in [0.05, 0.1) is 0 Å². The first-order chi connectivity index (χ1) is 10.1. The molecule has 0 unspecified atom stereocenters. The van der Waals surface area contributed by atoms with Gasteiger partial charge in [0.1, 0.15) is 0 Å². The highest BCUT2D eigenvalue weighted by Gasteiger charge is 2.17. The Kier molecular flexibility index (Phi) is 3.92. The van der Waals surface area contributed by atoms with E-state index in [1.54, 1.807) is 11.3 Å². The first-order valence-corrected chi connectivity index (χ1v) is 8.05. The first kappa shape index (κ1) is 14.1. The molecule has 0 bridgehead atoms. The van der Waals surface area contributed by atoms with Crippen molar-refractivity contribution in [3.05, 3.63) is 45.7 Å². The highest BCUT2D eigenvalue weighted by Crippen LogP contribution is 2.12. The highest BCUT2D eigenvalue weighted by molar-refractivity contribution is 7.09. The molecule has 21 heavy (non-hydrogen) atoms. The predicted molar refractivity (Wildman–Crippen MR) is 84.9 cm³/mol. The van der Waals surface area contributed by atoms with E-state index in [0.717, 1.165) is 41.3 Å². The van der Waals surface area contributed by atoms with Crippen molar-refractivity contribution in [2.75, 3.05) is 13.1 Å². The minimum Gasteiger partial charge on any atom is -0.323 e. The maximum absolute atomic E-state index is 12.2. The summed E-state index contributed by atoms with van der Waals surface area (Å²) < 4.78 is 1.99. The van der Waals surface area contributed by atoms with Gasteiger partial charge < -0.3 is 4.90 Å². The molecule has 2 aromatic rings. The summed E-state index contributed by atoms with van der Waals surface area (Å²) in [7, 11) is 0. The van der Waals surface area contributed by atoms with Crippen LogP contribution in [0.15, 0.2) is 35.5 Å². The lowest BCUT2D eigenvalue weighted by Crippen LogP contribution is -2.27. The van der Waals surface area contributed by atoms with Crippen LogP contribution in [0, 0.1) is 13.8 Å². The van der Waals surface area contributed by atoms with E-state index < -0.39 is 0 Å². The van der Waals surface area contributed by atoms with E-state index in [9.17, 15) is 4.79 Å². The van der Waals surface area contributed by atoms with E-state index in [-0.39, 0.29) is 6.03 Å². The lowest BCUT2D eigenvalue weighted by molar-refractivity contribution is 0.218. The zero-order valence-electron chi connectivity index (χ0n) is 12.4. The van der Waals surface area contributed by atoms with Gasteiger partial charge >= 0.3 is 6.03 Å². The molecule has 4 nitrogen and oxygen atoms in total. The summed E-state index contributed by atoms with van der Waals surface area (Å²) in [6.07, 6.45) is 4.21. The molecular weight excluding hydrogens is 282 g/mol. The number of aryl methyl sites for hydroxylation is 2. The van der Waals surface area contributed by atoms with Crippen LogP contribution < -0.4 is 4.80 Å². The molecule has 2 amide bonds. The summed E-state index contributed by atoms with van der Waals surface area (Å²) in [5.74, 6) is 0. The Bertz CT molecular complexity index is 706. The van der Waals surface area contributed by atoms with Crippen LogP contribution in [0.1, 0.15) is 23.3 Å². The average molecular weight is 301 g/mol. The molecule has 0 radical (unpaired) electrons. The molecule has 1 fully saturated rings. The molecule has 0 spiro atoms. The smallest absolute Gasteiger partial charge is 0.323 e. The molecule has 0 aliphatic carbocycles. The third kappa shape index (κ3) is 3.08. The fraction of sp³-hybridized carbons (Fsp3) is 0.375. The van der Waals surface area contributed by atoms with Crippen molar-refractivity contribution in [3.63, 3.8) is 0 Å². The number of thiazole rings is 1. The van der Waals surface area contributed by atoms with E-state index in [1.165, 1.54) is 5.56 Å². The third-order valence-electron chi connectivity index (χ3n) is 3.65. The molecule has 1 aliphatic rings. The van der Waals surface area contributed by atoms with Crippen molar-refractivity contribution in [2.45, 2.75) is 26.7 Å². The molecule has 0 saturated carbocycles. The number of likely N-dealkylation sites (tertiary alicyclic amines) is 1. The Labute approximate surface area is 128 Å². The molecule has 110 valence electrons. The minimum atomic E-state index is -0.116. The van der Waals surface area contributed by atoms with E-state index in [4.69, 9.17) is 0 Å². The second kappa shape index (κ2) is 5.85. The van der Waals surface area contributed by atoms with E-state index in [2.05, 4.69) is 36.2 Å². The van der Waals surface area contributed by atoms with Crippen LogP contribution >= 0.6 is 11.3 Å². The molecule has 1 aliphatic heterocycles. The third-order valence-corrected chi connectivity index (χ3v) is 4.55. The van der Waals surface area contributed by atoms with Crippen LogP contribution in [0.2, 0.25) is 0 Å². The molecule has 2 heterocycles. The zero-order valence-corrected chi connectivity index (χ0v) is 13.2. The SMILES string of the molecule is Cc1ccc(-n2cc(C)s/c2=N\C(=O)N2CCCC2)cc1. The molecule has 3 rings (SSSR count). The molecular formula is C16H19N3OS. The van der Waals surface area contributed by atoms with Gasteiger partial charge in [-0.1, -0.05) is 17.7 Å². The monoisotopic (exact) mass is 301 g/mol. The molecule has 1 saturated heterocycles. The number of carbonyl (C=O) groups excluding carboxylic acids is 1. The first-order valence-electron chi connectivity index (χ1n) is 7.23. The number of benzene rings is 1. The lowest BCUT2D eigenvalue weighted by Gasteiger charge is -2.10. The second-order valence-corrected chi connectivity index (χ2v) is 6.63. The van der Waals surface area contributed by atoms with Gasteiger partial charge in [-0.25, -0.2) is 4.79 Å². The van der Waals surface area contributed by atoms with E-state index in [0.29, 0.717) is 0 Å². The number of carbonyl (C=O) groups is 1. The summed E-state index contributed by atoms with van der Waals surface area (Å²) >= 11 is 1.55. The molecule has 0 atom stereocenters. The largest absolute Gasteiger partial charge is 0.346 e. The van der Waals surface area contributed by atoms with Crippen molar-refractivity contribution in [2.24, 2.45) is 4.99 Å². The maximum Gasteiger partial charge on any atom is 0.346 e. The standard InChI is InChI=1S/C16H19N3OS/c1-12-5-7-14(8-6-12)19-11-13(2)21-16(19)17-15(20)18-9-3-4-10-18/h5-8,11H,3-4,9-10H2,1-2H3/b17-16-. The number of rotatable bonds is 1. The normalized spacial score (nSPS) is 15.7. The molecule has 5 heteroatoms. The summed E-state index contributed by atoms with van der Waals surface area (Å²) in [6.45, 7) is 5.76. The van der Waals surface area contributed by atoms with Crippen LogP contribution in [0.25, 0.3) is 5.69 Å². The van der Waals surface area contributed by atoms with Crippen molar-refractivity contribution >= 4 is 17.4 Å². The fourth-order valence-corrected chi connectivity index (χ4v) is 3.31. The molecule has 1 aromatic carbocycles. The Balaban J connectivity index is 1.99. The summed E-state index contributed by atoms with van der Waals surface area (Å²) in [5.41, 5.74) is 2.26. The summed E-state index contributed by atoms with van der Waals surface area (Å²) in [5, 5.41) is 0. The van der Waals surface area contributed by atoms with Gasteiger partial charge in [0, 0.05) is 29.9 Å². The Morgan fingerprint density at radius 1 is 1.14 bits per heavy atom. The Morgan fingerprint density at radius 3 is 2.48 bits per heavy atom. The summed E-state index contributed by atoms with van der Waals surface area (Å²) in [4.78, 5) is 20.3. The number of aromatic nitrogens is 1. The van der Waals surface area contributed by atoms with Gasteiger partial charge in [-0.2, -0.15) is 4.99 Å². The van der Waals surface area contributed by atoms with Crippen molar-refractivity contribution in [1.82, 2.24) is 9.47 Å². The average Bonchev–Trinajstić information content (AvgIpc) is 3.09. The van der Waals surface area contributed by atoms with Gasteiger partial charge in [0.15, 0.2) is 4.80 Å². The van der Waals surface area contributed by atoms with Gasteiger partial charge in [-0.05, 0) is 38.8 Å². The van der Waals surface area contributed by atoms with Crippen molar-refractivity contribution in [3.8, 4) is 5.69 Å². The predicted octanol–water partition coefficient (Wildman–Crippen LogP) is 3.27. The fourth-order valence-electron chi connectivity index (χ4n) is 2.48. The van der Waals surface area contributed by atoms with Gasteiger partial charge in [0.2, 0.25) is 0 Å². The number of hydrogen-bond acceptors (Lipinski definition) is 2. The van der Waals surface area contributed by atoms with Gasteiger partial charge in [-0.15, -0.1) is 11.3 Å². The van der Waals surface area contributed by atoms with Crippen LogP contribution in [-0.2, 0) is 0 Å². The lowest BCUT2D eigenvalue weighted by atomic mass is 10.2. The number of hydrogen-bond donors (Lipinski definition) is 0. The van der Waals surface area contributed by atoms with Gasteiger partial charge in [-0.3, -0.25) is 4.57 Å². The number of urea groups is 1. The zero-order chi connectivity index (χ0) is 14.8. The van der Waals surface area contributed by atoms with Crippen LogP contribution in [0.5, 0.6) is 0 Å². The Morgan fingerprint density at radius 2 is 1.81 bits per heavy atom. The topological polar surface area (TPSA) is 37.6 Å². The van der Waals surface area contributed by atoms with Crippen LogP contribution in [-0.4, -0.2) is 28.6 Å².